The van der Waals surface area contributed by atoms with Gasteiger partial charge in [0.25, 0.3) is 5.91 Å². The van der Waals surface area contributed by atoms with Gasteiger partial charge < -0.3 is 19.1 Å². The number of halogens is 1. The van der Waals surface area contributed by atoms with Gasteiger partial charge in [-0.15, -0.1) is 0 Å². The van der Waals surface area contributed by atoms with Gasteiger partial charge in [0.1, 0.15) is 17.9 Å². The number of pyridine rings is 1. The van der Waals surface area contributed by atoms with Gasteiger partial charge in [-0.05, 0) is 32.2 Å². The maximum Gasteiger partial charge on any atom is 0.275 e. The highest BCUT2D eigenvalue weighted by Gasteiger charge is 2.31. The highest BCUT2D eigenvalue weighted by Crippen LogP contribution is 2.42. The molecule has 2 aliphatic heterocycles. The fourth-order valence-corrected chi connectivity index (χ4v) is 4.42. The lowest BCUT2D eigenvalue weighted by Gasteiger charge is -2.37. The molecule has 1 atom stereocenters. The van der Waals surface area contributed by atoms with Gasteiger partial charge in [0.2, 0.25) is 5.43 Å². The van der Waals surface area contributed by atoms with E-state index in [1.807, 2.05) is 41.6 Å². The van der Waals surface area contributed by atoms with Crippen LogP contribution in [0.5, 0.6) is 5.75 Å². The van der Waals surface area contributed by atoms with Gasteiger partial charge in [-0.3, -0.25) is 20.4 Å². The molecule has 5 rings (SSSR count). The number of anilines is 2. The van der Waals surface area contributed by atoms with Gasteiger partial charge in [0.15, 0.2) is 11.6 Å². The molecule has 9 heteroatoms. The first-order valence-electron chi connectivity index (χ1n) is 11.0. The Balaban J connectivity index is 1.58. The van der Waals surface area contributed by atoms with E-state index in [1.54, 1.807) is 18.3 Å². The molecule has 2 aliphatic rings. The third-order valence-electron chi connectivity index (χ3n) is 6.30. The van der Waals surface area contributed by atoms with Crippen molar-refractivity contribution in [3.05, 3.63) is 64.2 Å². The van der Waals surface area contributed by atoms with Crippen molar-refractivity contribution in [2.45, 2.75) is 13.0 Å². The zero-order chi connectivity index (χ0) is 23.1. The van der Waals surface area contributed by atoms with Crippen molar-refractivity contribution >= 4 is 28.2 Å². The monoisotopic (exact) mass is 451 g/mol. The van der Waals surface area contributed by atoms with Crippen LogP contribution in [0.1, 0.15) is 23.3 Å². The van der Waals surface area contributed by atoms with Crippen LogP contribution in [0.2, 0.25) is 0 Å². The minimum atomic E-state index is -0.585. The van der Waals surface area contributed by atoms with E-state index in [0.717, 1.165) is 13.1 Å². The zero-order valence-corrected chi connectivity index (χ0v) is 18.6. The fourth-order valence-electron chi connectivity index (χ4n) is 4.42. The highest BCUT2D eigenvalue weighted by molar-refractivity contribution is 6.00. The summed E-state index contributed by atoms with van der Waals surface area (Å²) in [5.41, 5.74) is 6.37. The molecule has 172 valence electrons. The smallest absolute Gasteiger partial charge is 0.275 e. The summed E-state index contributed by atoms with van der Waals surface area (Å²) in [4.78, 5) is 30.3. The second-order valence-corrected chi connectivity index (χ2v) is 8.61. The third kappa shape index (κ3) is 3.78. The van der Waals surface area contributed by atoms with Crippen molar-refractivity contribution < 1.29 is 13.9 Å². The zero-order valence-electron chi connectivity index (χ0n) is 18.6. The summed E-state index contributed by atoms with van der Waals surface area (Å²) in [7, 11) is 2.03. The number of hydrogen-bond acceptors (Lipinski definition) is 6. The van der Waals surface area contributed by atoms with Gasteiger partial charge in [-0.1, -0.05) is 18.2 Å². The highest BCUT2D eigenvalue weighted by atomic mass is 19.1. The number of carbonyl (C=O) groups excluding carboxylic acids is 1. The lowest BCUT2D eigenvalue weighted by molar-refractivity contribution is 0.0960. The number of piperazine rings is 1. The number of aromatic nitrogens is 1. The molecule has 0 aliphatic carbocycles. The van der Waals surface area contributed by atoms with Gasteiger partial charge in [0, 0.05) is 32.4 Å². The minimum absolute atomic E-state index is 0.0580. The second-order valence-electron chi connectivity index (χ2n) is 8.61. The van der Waals surface area contributed by atoms with E-state index < -0.39 is 17.2 Å². The molecular formula is C24H26FN5O3. The number of hydrazine groups is 1. The quantitative estimate of drug-likeness (QED) is 0.594. The van der Waals surface area contributed by atoms with Crippen molar-refractivity contribution in [3.63, 3.8) is 0 Å². The Morgan fingerprint density at radius 2 is 1.88 bits per heavy atom. The van der Waals surface area contributed by atoms with Crippen molar-refractivity contribution in [1.82, 2.24) is 14.9 Å². The molecular weight excluding hydrogens is 425 g/mol. The Kier molecular flexibility index (Phi) is 5.41. The summed E-state index contributed by atoms with van der Waals surface area (Å²) in [6.45, 7) is 5.22. The molecule has 3 aromatic rings. The molecule has 1 amide bonds. The summed E-state index contributed by atoms with van der Waals surface area (Å²) in [5, 5.41) is 0.138. The maximum absolute atomic E-state index is 15.4. The van der Waals surface area contributed by atoms with Crippen LogP contribution in [0.4, 0.5) is 15.8 Å². The molecule has 2 aromatic carbocycles. The first kappa shape index (κ1) is 21.3. The molecule has 3 heterocycles. The Morgan fingerprint density at radius 3 is 2.61 bits per heavy atom. The first-order chi connectivity index (χ1) is 15.9. The summed E-state index contributed by atoms with van der Waals surface area (Å²) in [5.74, 6) is -0.724. The SMILES string of the molecule is C[C@H]1COc2c(N3CCN(C)CC3)c(F)cc3c(=O)c(C(=O)NNc4ccccc4)cn1c23. The van der Waals surface area contributed by atoms with Crippen molar-refractivity contribution in [2.75, 3.05) is 50.2 Å². The van der Waals surface area contributed by atoms with Crippen molar-refractivity contribution in [3.8, 4) is 5.75 Å². The van der Waals surface area contributed by atoms with E-state index in [2.05, 4.69) is 15.8 Å². The minimum Gasteiger partial charge on any atom is -0.487 e. The number of carbonyl (C=O) groups is 1. The van der Waals surface area contributed by atoms with E-state index >= 15 is 4.39 Å². The second kappa shape index (κ2) is 8.40. The lowest BCUT2D eigenvalue weighted by Crippen LogP contribution is -2.45. The summed E-state index contributed by atoms with van der Waals surface area (Å²) < 4.78 is 23.2. The van der Waals surface area contributed by atoms with Crippen molar-refractivity contribution in [1.29, 1.82) is 0 Å². The van der Waals surface area contributed by atoms with Gasteiger partial charge >= 0.3 is 0 Å². The molecule has 0 spiro atoms. The number of amides is 1. The number of likely N-dealkylation sites (N-methyl/N-ethyl adjacent to an activating group) is 1. The van der Waals surface area contributed by atoms with Crippen LogP contribution in [-0.4, -0.2) is 55.2 Å². The fraction of sp³-hybridized carbons (Fsp3) is 0.333. The normalized spacial score (nSPS) is 18.2. The van der Waals surface area contributed by atoms with Crippen molar-refractivity contribution in [2.24, 2.45) is 0 Å². The number of hydrogen-bond donors (Lipinski definition) is 2. The van der Waals surface area contributed by atoms with Crippen LogP contribution in [0, 0.1) is 5.82 Å². The Hall–Kier alpha value is -3.59. The first-order valence-corrected chi connectivity index (χ1v) is 11.0. The van der Waals surface area contributed by atoms with Gasteiger partial charge in [-0.25, -0.2) is 4.39 Å². The molecule has 0 bridgehead atoms. The molecule has 1 fully saturated rings. The number of nitrogens with zero attached hydrogens (tertiary/aromatic N) is 3. The number of nitrogens with one attached hydrogen (secondary N) is 2. The van der Waals surface area contributed by atoms with E-state index in [-0.39, 0.29) is 17.0 Å². The number of benzene rings is 2. The van der Waals surface area contributed by atoms with Gasteiger partial charge in [-0.2, -0.15) is 0 Å². The third-order valence-corrected chi connectivity index (χ3v) is 6.30. The molecule has 8 nitrogen and oxygen atoms in total. The van der Waals surface area contributed by atoms with E-state index in [4.69, 9.17) is 4.74 Å². The van der Waals surface area contributed by atoms with Crippen LogP contribution in [0.25, 0.3) is 10.9 Å². The van der Waals surface area contributed by atoms with E-state index in [0.29, 0.717) is 42.3 Å². The molecule has 0 unspecified atom stereocenters. The molecule has 0 radical (unpaired) electrons. The standard InChI is InChI=1S/C24H26FN5O3/c1-15-14-33-23-20-17(12-19(25)21(23)29-10-8-28(2)9-11-29)22(31)18(13-30(15)20)24(32)27-26-16-6-4-3-5-7-16/h3-7,12-13,15,26H,8-11,14H2,1-2H3,(H,27,32)/t15-/m0/s1. The van der Waals surface area contributed by atoms with Crippen LogP contribution >= 0.6 is 0 Å². The van der Waals surface area contributed by atoms with Crippen LogP contribution < -0.4 is 25.9 Å². The molecule has 1 saturated heterocycles. The topological polar surface area (TPSA) is 78.8 Å². The number of rotatable bonds is 4. The predicted octanol–water partition coefficient (Wildman–Crippen LogP) is 2.60. The average Bonchev–Trinajstić information content (AvgIpc) is 2.82. The summed E-state index contributed by atoms with van der Waals surface area (Å²) in [6.07, 6.45) is 1.55. The Morgan fingerprint density at radius 1 is 1.15 bits per heavy atom. The Bertz CT molecular complexity index is 1270. The summed E-state index contributed by atoms with van der Waals surface area (Å²) >= 11 is 0. The number of para-hydroxylation sites is 1. The molecule has 0 saturated carbocycles. The largest absolute Gasteiger partial charge is 0.487 e. The lowest BCUT2D eigenvalue weighted by atomic mass is 10.0. The van der Waals surface area contributed by atoms with Crippen LogP contribution in [0.15, 0.2) is 47.4 Å². The molecule has 2 N–H and O–H groups in total. The molecule has 33 heavy (non-hydrogen) atoms. The maximum atomic E-state index is 15.4. The number of ether oxygens (including phenoxy) is 1. The van der Waals surface area contributed by atoms with Crippen LogP contribution in [-0.2, 0) is 0 Å². The predicted molar refractivity (Wildman–Crippen MR) is 126 cm³/mol. The van der Waals surface area contributed by atoms with Gasteiger partial charge in [0.05, 0.1) is 22.6 Å². The Labute approximate surface area is 190 Å². The average molecular weight is 452 g/mol. The van der Waals surface area contributed by atoms with Crippen LogP contribution in [0.3, 0.4) is 0 Å². The summed E-state index contributed by atoms with van der Waals surface area (Å²) in [6, 6.07) is 10.2. The van der Waals surface area contributed by atoms with E-state index in [1.165, 1.54) is 6.07 Å². The molecule has 1 aromatic heterocycles. The van der Waals surface area contributed by atoms with E-state index in [9.17, 15) is 9.59 Å².